The van der Waals surface area contributed by atoms with Crippen LogP contribution in [0.25, 0.3) is 0 Å². The molecule has 0 radical (unpaired) electrons. The van der Waals surface area contributed by atoms with Crippen LogP contribution in [-0.4, -0.2) is 15.5 Å². The second-order valence-corrected chi connectivity index (χ2v) is 6.99. The molecule has 1 aromatic carbocycles. The fourth-order valence-electron chi connectivity index (χ4n) is 2.12. The van der Waals surface area contributed by atoms with E-state index in [0.717, 1.165) is 12.1 Å². The van der Waals surface area contributed by atoms with E-state index in [1.165, 1.54) is 13.0 Å². The van der Waals surface area contributed by atoms with Gasteiger partial charge < -0.3 is 10.6 Å². The normalized spacial score (nSPS) is 12.8. The van der Waals surface area contributed by atoms with E-state index in [4.69, 9.17) is 0 Å². The van der Waals surface area contributed by atoms with Crippen LogP contribution in [-0.2, 0) is 12.4 Å². The van der Waals surface area contributed by atoms with Gasteiger partial charge in [-0.3, -0.25) is 0 Å². The molecule has 27 heavy (non-hydrogen) atoms. The summed E-state index contributed by atoms with van der Waals surface area (Å²) in [6.45, 7) is 6.66. The Morgan fingerprint density at radius 2 is 1.48 bits per heavy atom. The van der Waals surface area contributed by atoms with Crippen LogP contribution in [0.5, 0.6) is 0 Å². The van der Waals surface area contributed by atoms with Crippen LogP contribution in [0, 0.1) is 6.92 Å². The maximum Gasteiger partial charge on any atom is 0.433 e. The third-order valence-electron chi connectivity index (χ3n) is 3.33. The van der Waals surface area contributed by atoms with Crippen LogP contribution in [0.3, 0.4) is 0 Å². The lowest BCUT2D eigenvalue weighted by atomic mass is 10.1. The van der Waals surface area contributed by atoms with Gasteiger partial charge in [-0.15, -0.1) is 0 Å². The molecule has 0 amide bonds. The first-order valence-corrected chi connectivity index (χ1v) is 7.84. The van der Waals surface area contributed by atoms with Crippen LogP contribution in [0.15, 0.2) is 24.3 Å². The summed E-state index contributed by atoms with van der Waals surface area (Å²) in [7, 11) is 0. The molecule has 0 spiro atoms. The van der Waals surface area contributed by atoms with Crippen LogP contribution in [0.1, 0.15) is 37.6 Å². The van der Waals surface area contributed by atoms with Crippen molar-refractivity contribution in [3.63, 3.8) is 0 Å². The number of aromatic nitrogens is 2. The lowest BCUT2D eigenvalue weighted by Crippen LogP contribution is -2.28. The quantitative estimate of drug-likeness (QED) is 0.651. The van der Waals surface area contributed by atoms with Gasteiger partial charge in [-0.1, -0.05) is 6.07 Å². The molecular weight excluding hydrogens is 374 g/mol. The van der Waals surface area contributed by atoms with Gasteiger partial charge in [-0.2, -0.15) is 31.3 Å². The number of nitrogens with one attached hydrogen (secondary N) is 2. The zero-order valence-corrected chi connectivity index (χ0v) is 15.0. The Balaban J connectivity index is 2.48. The van der Waals surface area contributed by atoms with Crippen molar-refractivity contribution in [3.8, 4) is 0 Å². The summed E-state index contributed by atoms with van der Waals surface area (Å²) >= 11 is 0. The molecule has 1 heterocycles. The van der Waals surface area contributed by atoms with E-state index in [2.05, 4.69) is 20.6 Å². The number of hydrogen-bond donors (Lipinski definition) is 2. The fourth-order valence-corrected chi connectivity index (χ4v) is 2.12. The number of benzene rings is 1. The molecular formula is C17H18F6N4. The highest BCUT2D eigenvalue weighted by Gasteiger charge is 2.34. The Labute approximate surface area is 152 Å². The predicted octanol–water partition coefficient (Wildman–Crippen LogP) is 5.78. The fraction of sp³-hybridized carbons (Fsp3) is 0.412. The standard InChI is InChI=1S/C17H18F6N4/c1-9-5-6-10(16(18,19)20)7-11(9)24-13-8-12(17(21,22)23)25-14(26-13)27-15(2,3)4/h5-8H,1-4H3,(H2,24,25,26,27). The zero-order chi connectivity index (χ0) is 20.6. The van der Waals surface area contributed by atoms with Crippen molar-refractivity contribution in [1.29, 1.82) is 0 Å². The third kappa shape index (κ3) is 5.73. The molecule has 0 bridgehead atoms. The number of nitrogens with zero attached hydrogens (tertiary/aromatic N) is 2. The molecule has 0 aliphatic heterocycles. The highest BCUT2D eigenvalue weighted by molar-refractivity contribution is 5.62. The van der Waals surface area contributed by atoms with Crippen molar-refractivity contribution in [2.45, 2.75) is 45.6 Å². The molecule has 0 saturated carbocycles. The van der Waals surface area contributed by atoms with E-state index in [-0.39, 0.29) is 17.5 Å². The summed E-state index contributed by atoms with van der Waals surface area (Å²) in [6.07, 6.45) is -9.32. The number of anilines is 3. The van der Waals surface area contributed by atoms with E-state index in [1.54, 1.807) is 20.8 Å². The molecule has 10 heteroatoms. The average Bonchev–Trinajstić information content (AvgIpc) is 2.45. The molecule has 2 N–H and O–H groups in total. The van der Waals surface area contributed by atoms with Gasteiger partial charge in [0, 0.05) is 17.3 Å². The Morgan fingerprint density at radius 3 is 2.00 bits per heavy atom. The van der Waals surface area contributed by atoms with Crippen molar-refractivity contribution in [2.24, 2.45) is 0 Å². The molecule has 0 fully saturated rings. The Hall–Kier alpha value is -2.52. The van der Waals surface area contributed by atoms with Crippen molar-refractivity contribution >= 4 is 17.5 Å². The summed E-state index contributed by atoms with van der Waals surface area (Å²) in [5.41, 5.74) is -2.34. The van der Waals surface area contributed by atoms with E-state index in [9.17, 15) is 26.3 Å². The molecule has 148 valence electrons. The van der Waals surface area contributed by atoms with Crippen LogP contribution in [0.4, 0.5) is 43.8 Å². The van der Waals surface area contributed by atoms with Gasteiger partial charge >= 0.3 is 12.4 Å². The molecule has 0 atom stereocenters. The van der Waals surface area contributed by atoms with Crippen molar-refractivity contribution in [3.05, 3.63) is 41.1 Å². The molecule has 0 aliphatic rings. The van der Waals surface area contributed by atoms with Crippen molar-refractivity contribution < 1.29 is 26.3 Å². The Bertz CT molecular complexity index is 822. The number of halogens is 6. The van der Waals surface area contributed by atoms with Crippen molar-refractivity contribution in [2.75, 3.05) is 10.6 Å². The largest absolute Gasteiger partial charge is 0.433 e. The van der Waals surface area contributed by atoms with Gasteiger partial charge in [0.1, 0.15) is 5.82 Å². The van der Waals surface area contributed by atoms with Gasteiger partial charge in [0.25, 0.3) is 0 Å². The predicted molar refractivity (Wildman–Crippen MR) is 89.9 cm³/mol. The van der Waals surface area contributed by atoms with Crippen LogP contribution in [0.2, 0.25) is 0 Å². The Morgan fingerprint density at radius 1 is 0.852 bits per heavy atom. The van der Waals surface area contributed by atoms with Gasteiger partial charge in [0.15, 0.2) is 5.69 Å². The van der Waals surface area contributed by atoms with Gasteiger partial charge in [0.05, 0.1) is 5.56 Å². The molecule has 2 aromatic rings. The maximum absolute atomic E-state index is 13.1. The summed E-state index contributed by atoms with van der Waals surface area (Å²) in [5.74, 6) is -0.559. The first-order chi connectivity index (χ1) is 12.1. The number of hydrogen-bond acceptors (Lipinski definition) is 4. The van der Waals surface area contributed by atoms with Crippen LogP contribution >= 0.6 is 0 Å². The Kier molecular flexibility index (Phi) is 5.31. The highest BCUT2D eigenvalue weighted by Crippen LogP contribution is 2.34. The van der Waals surface area contributed by atoms with E-state index >= 15 is 0 Å². The minimum absolute atomic E-state index is 0.00152. The van der Waals surface area contributed by atoms with E-state index < -0.39 is 29.1 Å². The van der Waals surface area contributed by atoms with E-state index in [0.29, 0.717) is 11.6 Å². The lowest BCUT2D eigenvalue weighted by molar-refractivity contribution is -0.141. The number of aryl methyl sites for hydroxylation is 1. The van der Waals surface area contributed by atoms with Gasteiger partial charge in [0.2, 0.25) is 5.95 Å². The van der Waals surface area contributed by atoms with Gasteiger partial charge in [-0.25, -0.2) is 4.98 Å². The molecule has 0 saturated heterocycles. The molecule has 0 unspecified atom stereocenters. The minimum Gasteiger partial charge on any atom is -0.350 e. The highest BCUT2D eigenvalue weighted by atomic mass is 19.4. The summed E-state index contributed by atoms with van der Waals surface area (Å²) in [6, 6.07) is 3.59. The topological polar surface area (TPSA) is 49.8 Å². The average molecular weight is 392 g/mol. The molecule has 2 rings (SSSR count). The minimum atomic E-state index is -4.74. The third-order valence-corrected chi connectivity index (χ3v) is 3.33. The second kappa shape index (κ2) is 6.90. The monoisotopic (exact) mass is 392 g/mol. The first kappa shape index (κ1) is 20.8. The first-order valence-electron chi connectivity index (χ1n) is 7.84. The molecule has 4 nitrogen and oxygen atoms in total. The van der Waals surface area contributed by atoms with Crippen LogP contribution < -0.4 is 10.6 Å². The molecule has 0 aliphatic carbocycles. The number of rotatable bonds is 3. The summed E-state index contributed by atoms with van der Waals surface area (Å²) < 4.78 is 78.1. The van der Waals surface area contributed by atoms with E-state index in [1.807, 2.05) is 0 Å². The SMILES string of the molecule is Cc1ccc(C(F)(F)F)cc1Nc1cc(C(F)(F)F)nc(NC(C)(C)C)n1. The second-order valence-electron chi connectivity index (χ2n) is 6.99. The smallest absolute Gasteiger partial charge is 0.350 e. The summed E-state index contributed by atoms with van der Waals surface area (Å²) in [5, 5.41) is 5.26. The van der Waals surface area contributed by atoms with Crippen molar-refractivity contribution in [1.82, 2.24) is 9.97 Å². The lowest BCUT2D eigenvalue weighted by Gasteiger charge is -2.22. The van der Waals surface area contributed by atoms with Gasteiger partial charge in [-0.05, 0) is 45.4 Å². The summed E-state index contributed by atoms with van der Waals surface area (Å²) in [4.78, 5) is 7.39. The zero-order valence-electron chi connectivity index (χ0n) is 15.0. The maximum atomic E-state index is 13.1. The molecule has 1 aromatic heterocycles. The number of alkyl halides is 6.